The molecule has 0 bridgehead atoms. The van der Waals surface area contributed by atoms with Gasteiger partial charge in [-0.05, 0) is 49.7 Å². The van der Waals surface area contributed by atoms with Gasteiger partial charge in [0.25, 0.3) is 0 Å². The fourth-order valence-corrected chi connectivity index (χ4v) is 2.52. The Hall–Kier alpha value is -0.820. The third kappa shape index (κ3) is 2.65. The summed E-state index contributed by atoms with van der Waals surface area (Å²) in [5.41, 5.74) is 2.34. The van der Waals surface area contributed by atoms with Crippen LogP contribution in [0.3, 0.4) is 0 Å². The molecule has 1 unspecified atom stereocenters. The molecule has 1 aliphatic carbocycles. The van der Waals surface area contributed by atoms with Crippen LogP contribution in [-0.4, -0.2) is 10.7 Å². The van der Waals surface area contributed by atoms with Gasteiger partial charge in [0, 0.05) is 0 Å². The Labute approximate surface area is 99.6 Å². The van der Waals surface area contributed by atoms with E-state index >= 15 is 0 Å². The van der Waals surface area contributed by atoms with Gasteiger partial charge < -0.3 is 5.11 Å². The molecule has 0 aromatic rings. The molecule has 1 fully saturated rings. The summed E-state index contributed by atoms with van der Waals surface area (Å²) >= 11 is 0. The standard InChI is InChI=1S/C15H24O/c1-11(2)12(3)10-13-14(4,5)8-7-9-15(13,6)16/h10,16H,1,3,7-9H2,2,4-6H3. The molecule has 0 saturated heterocycles. The maximum atomic E-state index is 10.5. The van der Waals surface area contributed by atoms with Crippen LogP contribution in [0.15, 0.2) is 36.0 Å². The van der Waals surface area contributed by atoms with Crippen molar-refractivity contribution in [1.82, 2.24) is 0 Å². The van der Waals surface area contributed by atoms with Crippen LogP contribution in [0.5, 0.6) is 0 Å². The lowest BCUT2D eigenvalue weighted by Crippen LogP contribution is -2.39. The fraction of sp³-hybridized carbons (Fsp3) is 0.600. The second kappa shape index (κ2) is 4.21. The maximum Gasteiger partial charge on any atom is 0.0837 e. The van der Waals surface area contributed by atoms with Crippen LogP contribution in [0.25, 0.3) is 0 Å². The van der Waals surface area contributed by atoms with Gasteiger partial charge in [-0.25, -0.2) is 0 Å². The van der Waals surface area contributed by atoms with Gasteiger partial charge in [0.05, 0.1) is 5.60 Å². The van der Waals surface area contributed by atoms with Crippen molar-refractivity contribution in [3.8, 4) is 0 Å². The summed E-state index contributed by atoms with van der Waals surface area (Å²) in [6, 6.07) is 0. The summed E-state index contributed by atoms with van der Waals surface area (Å²) in [5.74, 6) is 0. The number of hydrogen-bond donors (Lipinski definition) is 1. The Morgan fingerprint density at radius 2 is 1.81 bits per heavy atom. The average molecular weight is 220 g/mol. The van der Waals surface area contributed by atoms with E-state index in [-0.39, 0.29) is 5.41 Å². The quantitative estimate of drug-likeness (QED) is 0.697. The van der Waals surface area contributed by atoms with E-state index in [0.29, 0.717) is 0 Å². The first-order valence-corrected chi connectivity index (χ1v) is 5.97. The fourth-order valence-electron chi connectivity index (χ4n) is 2.52. The van der Waals surface area contributed by atoms with E-state index in [9.17, 15) is 5.11 Å². The normalized spacial score (nSPS) is 31.4. The molecule has 16 heavy (non-hydrogen) atoms. The number of hydrogen-bond acceptors (Lipinski definition) is 1. The smallest absolute Gasteiger partial charge is 0.0837 e. The third-order valence-electron chi connectivity index (χ3n) is 3.64. The molecule has 1 nitrogen and oxygen atoms in total. The molecule has 1 saturated carbocycles. The van der Waals surface area contributed by atoms with Crippen LogP contribution in [0.1, 0.15) is 47.0 Å². The molecule has 90 valence electrons. The molecule has 1 N–H and O–H groups in total. The first-order chi connectivity index (χ1) is 7.17. The Balaban J connectivity index is 3.13. The average Bonchev–Trinajstić information content (AvgIpc) is 2.10. The van der Waals surface area contributed by atoms with Crippen molar-refractivity contribution >= 4 is 0 Å². The summed E-state index contributed by atoms with van der Waals surface area (Å²) in [5, 5.41) is 10.5. The largest absolute Gasteiger partial charge is 0.386 e. The third-order valence-corrected chi connectivity index (χ3v) is 3.64. The topological polar surface area (TPSA) is 20.2 Å². The first kappa shape index (κ1) is 13.2. The minimum atomic E-state index is -0.694. The summed E-state index contributed by atoms with van der Waals surface area (Å²) in [7, 11) is 0. The summed E-state index contributed by atoms with van der Waals surface area (Å²) < 4.78 is 0. The molecule has 0 radical (unpaired) electrons. The molecule has 0 heterocycles. The van der Waals surface area contributed by atoms with Gasteiger partial charge in [0.2, 0.25) is 0 Å². The zero-order valence-corrected chi connectivity index (χ0v) is 11.1. The Bertz CT molecular complexity index is 324. The highest BCUT2D eigenvalue weighted by Crippen LogP contribution is 2.46. The summed E-state index contributed by atoms with van der Waals surface area (Å²) in [6.07, 6.45) is 5.07. The van der Waals surface area contributed by atoms with Crippen LogP contribution in [0, 0.1) is 5.41 Å². The second-order valence-corrected chi connectivity index (χ2v) is 5.87. The Morgan fingerprint density at radius 3 is 2.25 bits per heavy atom. The summed E-state index contributed by atoms with van der Waals surface area (Å²) in [6.45, 7) is 16.1. The van der Waals surface area contributed by atoms with Crippen molar-refractivity contribution in [2.75, 3.05) is 0 Å². The van der Waals surface area contributed by atoms with Gasteiger partial charge in [-0.1, -0.05) is 38.7 Å². The highest BCUT2D eigenvalue weighted by Gasteiger charge is 2.40. The van der Waals surface area contributed by atoms with Crippen molar-refractivity contribution in [2.45, 2.75) is 52.6 Å². The lowest BCUT2D eigenvalue weighted by Gasteiger charge is -2.43. The summed E-state index contributed by atoms with van der Waals surface area (Å²) in [4.78, 5) is 0. The van der Waals surface area contributed by atoms with Crippen LogP contribution in [-0.2, 0) is 0 Å². The predicted octanol–water partition coefficient (Wildman–Crippen LogP) is 4.01. The minimum absolute atomic E-state index is 0.0557. The van der Waals surface area contributed by atoms with E-state index in [2.05, 4.69) is 27.0 Å². The zero-order valence-electron chi connectivity index (χ0n) is 11.1. The molecule has 0 aromatic heterocycles. The van der Waals surface area contributed by atoms with Gasteiger partial charge >= 0.3 is 0 Å². The molecule has 0 amide bonds. The highest BCUT2D eigenvalue weighted by molar-refractivity contribution is 5.41. The van der Waals surface area contributed by atoms with Crippen LogP contribution in [0.2, 0.25) is 0 Å². The molecule has 0 aliphatic heterocycles. The van der Waals surface area contributed by atoms with Gasteiger partial charge in [-0.2, -0.15) is 0 Å². The Kier molecular flexibility index (Phi) is 3.49. The van der Waals surface area contributed by atoms with E-state index in [0.717, 1.165) is 36.0 Å². The van der Waals surface area contributed by atoms with E-state index in [1.54, 1.807) is 0 Å². The molecule has 1 rings (SSSR count). The lowest BCUT2D eigenvalue weighted by atomic mass is 9.65. The number of aliphatic hydroxyl groups is 1. The lowest BCUT2D eigenvalue weighted by molar-refractivity contribution is 0.0397. The van der Waals surface area contributed by atoms with Gasteiger partial charge in [-0.3, -0.25) is 0 Å². The monoisotopic (exact) mass is 220 g/mol. The molecular formula is C15H24O. The zero-order chi connectivity index (χ0) is 12.6. The minimum Gasteiger partial charge on any atom is -0.386 e. The highest BCUT2D eigenvalue weighted by atomic mass is 16.3. The van der Waals surface area contributed by atoms with Crippen molar-refractivity contribution in [1.29, 1.82) is 0 Å². The van der Waals surface area contributed by atoms with Gasteiger partial charge in [0.15, 0.2) is 0 Å². The predicted molar refractivity (Wildman–Crippen MR) is 70.3 cm³/mol. The molecule has 1 aliphatic rings. The van der Waals surface area contributed by atoms with Crippen molar-refractivity contribution < 1.29 is 5.11 Å². The van der Waals surface area contributed by atoms with E-state index < -0.39 is 5.60 Å². The molecule has 1 heteroatoms. The van der Waals surface area contributed by atoms with Crippen LogP contribution >= 0.6 is 0 Å². The van der Waals surface area contributed by atoms with Crippen molar-refractivity contribution in [3.05, 3.63) is 36.0 Å². The van der Waals surface area contributed by atoms with E-state index in [1.165, 1.54) is 0 Å². The van der Waals surface area contributed by atoms with Crippen LogP contribution in [0.4, 0.5) is 0 Å². The van der Waals surface area contributed by atoms with E-state index in [4.69, 9.17) is 0 Å². The van der Waals surface area contributed by atoms with Gasteiger partial charge in [0.1, 0.15) is 0 Å². The molecule has 1 atom stereocenters. The second-order valence-electron chi connectivity index (χ2n) is 5.87. The first-order valence-electron chi connectivity index (χ1n) is 5.97. The SMILES string of the molecule is C=C(C)C(=C)C=C1C(C)(C)CCCC1(C)O. The number of rotatable bonds is 2. The number of allylic oxidation sites excluding steroid dienone is 3. The van der Waals surface area contributed by atoms with E-state index in [1.807, 2.05) is 19.9 Å². The Morgan fingerprint density at radius 1 is 1.25 bits per heavy atom. The molecule has 0 spiro atoms. The van der Waals surface area contributed by atoms with Crippen molar-refractivity contribution in [3.63, 3.8) is 0 Å². The molecule has 0 aromatic carbocycles. The molecular weight excluding hydrogens is 196 g/mol. The van der Waals surface area contributed by atoms with Crippen LogP contribution < -0.4 is 0 Å². The van der Waals surface area contributed by atoms with Crippen molar-refractivity contribution in [2.24, 2.45) is 5.41 Å². The van der Waals surface area contributed by atoms with Gasteiger partial charge in [-0.15, -0.1) is 0 Å². The maximum absolute atomic E-state index is 10.5.